The highest BCUT2D eigenvalue weighted by Crippen LogP contribution is 2.43. The second kappa shape index (κ2) is 10.5. The number of nitrogens with zero attached hydrogens (tertiary/aromatic N) is 2. The number of fused-ring (bicyclic) bond motifs is 6. The predicted molar refractivity (Wildman–Crippen MR) is 200 cm³/mol. The van der Waals surface area contributed by atoms with Crippen molar-refractivity contribution in [1.82, 2.24) is 4.57 Å². The van der Waals surface area contributed by atoms with E-state index in [1.54, 1.807) is 0 Å². The van der Waals surface area contributed by atoms with Crippen LogP contribution >= 0.6 is 11.8 Å². The zero-order valence-electron chi connectivity index (χ0n) is 25.9. The molecule has 2 heterocycles. The maximum absolute atomic E-state index is 4.97. The van der Waals surface area contributed by atoms with Gasteiger partial charge >= 0.3 is 0 Å². The van der Waals surface area contributed by atoms with Crippen molar-refractivity contribution < 1.29 is 0 Å². The molecular formula is C43H32N2S. The topological polar surface area (TPSA) is 17.3 Å². The number of para-hydroxylation sites is 1. The largest absolute Gasteiger partial charge is 0.309 e. The Hall–Kier alpha value is -5.12. The summed E-state index contributed by atoms with van der Waals surface area (Å²) < 4.78 is 2.45. The number of hydrogen-bond donors (Lipinski definition) is 0. The molecule has 0 saturated heterocycles. The van der Waals surface area contributed by atoms with E-state index in [0.29, 0.717) is 0 Å². The summed E-state index contributed by atoms with van der Waals surface area (Å²) >= 11 is 1.86. The number of rotatable bonds is 4. The number of aliphatic imine (C=N–C) groups is 1. The van der Waals surface area contributed by atoms with Crippen LogP contribution in [0.5, 0.6) is 0 Å². The minimum atomic E-state index is -0.00107. The standard InChI is InChI=1S/C43H32N2S/c1-43(2)27-46-42(44-43)30-19-17-29(18-20-30)38-26-40-41(36-15-9-8-14-35(36)38)37-23-22-33(25-39(37)45(40)34-12-4-3-5-13-34)32-21-16-28-10-6-7-11-31(28)24-32/h3-26H,27H2,1-2H3. The molecule has 0 bridgehead atoms. The summed E-state index contributed by atoms with van der Waals surface area (Å²) in [6, 6.07) is 53.4. The molecule has 7 aromatic carbocycles. The maximum atomic E-state index is 4.97. The predicted octanol–water partition coefficient (Wildman–Crippen LogP) is 11.7. The molecular weight excluding hydrogens is 577 g/mol. The van der Waals surface area contributed by atoms with Gasteiger partial charge in [0.15, 0.2) is 0 Å². The average Bonchev–Trinajstić information content (AvgIpc) is 3.64. The van der Waals surface area contributed by atoms with Crippen molar-refractivity contribution in [3.05, 3.63) is 151 Å². The monoisotopic (exact) mass is 608 g/mol. The normalized spacial score (nSPS) is 14.4. The van der Waals surface area contributed by atoms with Gasteiger partial charge in [0.25, 0.3) is 0 Å². The van der Waals surface area contributed by atoms with Crippen LogP contribution < -0.4 is 0 Å². The second-order valence-corrected chi connectivity index (χ2v) is 13.9. The van der Waals surface area contributed by atoms with E-state index in [0.717, 1.165) is 16.5 Å². The third-order valence-electron chi connectivity index (χ3n) is 9.28. The van der Waals surface area contributed by atoms with E-state index in [4.69, 9.17) is 4.99 Å². The van der Waals surface area contributed by atoms with E-state index in [2.05, 4.69) is 164 Å². The van der Waals surface area contributed by atoms with Gasteiger partial charge in [0, 0.05) is 27.8 Å². The highest BCUT2D eigenvalue weighted by molar-refractivity contribution is 8.14. The Kier molecular flexibility index (Phi) is 6.19. The summed E-state index contributed by atoms with van der Waals surface area (Å²) in [5.41, 5.74) is 9.68. The molecule has 1 aromatic heterocycles. The van der Waals surface area contributed by atoms with Crippen molar-refractivity contribution in [2.24, 2.45) is 4.99 Å². The molecule has 0 spiro atoms. The van der Waals surface area contributed by atoms with Gasteiger partial charge < -0.3 is 4.57 Å². The molecule has 0 aliphatic carbocycles. The summed E-state index contributed by atoms with van der Waals surface area (Å²) in [6.45, 7) is 4.42. The molecule has 220 valence electrons. The molecule has 0 saturated carbocycles. The van der Waals surface area contributed by atoms with Gasteiger partial charge in [-0.3, -0.25) is 4.99 Å². The Labute approximate surface area is 273 Å². The van der Waals surface area contributed by atoms with Crippen molar-refractivity contribution in [1.29, 1.82) is 0 Å². The average molecular weight is 609 g/mol. The van der Waals surface area contributed by atoms with E-state index in [-0.39, 0.29) is 5.54 Å². The molecule has 1 aliphatic rings. The minimum absolute atomic E-state index is 0.00107. The van der Waals surface area contributed by atoms with Gasteiger partial charge in [-0.05, 0) is 88.0 Å². The first kappa shape index (κ1) is 27.2. The third-order valence-corrected chi connectivity index (χ3v) is 10.7. The first-order chi connectivity index (χ1) is 22.5. The van der Waals surface area contributed by atoms with E-state index >= 15 is 0 Å². The van der Waals surface area contributed by atoms with Crippen LogP contribution in [0.15, 0.2) is 151 Å². The molecule has 0 amide bonds. The van der Waals surface area contributed by atoms with Crippen molar-refractivity contribution >= 4 is 60.2 Å². The summed E-state index contributed by atoms with van der Waals surface area (Å²) in [5.74, 6) is 1.03. The Morgan fingerprint density at radius 1 is 0.543 bits per heavy atom. The lowest BCUT2D eigenvalue weighted by Gasteiger charge is -2.13. The summed E-state index contributed by atoms with van der Waals surface area (Å²) in [4.78, 5) is 4.97. The lowest BCUT2D eigenvalue weighted by molar-refractivity contribution is 0.605. The van der Waals surface area contributed by atoms with Gasteiger partial charge in [0.2, 0.25) is 0 Å². The fourth-order valence-electron chi connectivity index (χ4n) is 7.05. The molecule has 0 radical (unpaired) electrons. The van der Waals surface area contributed by atoms with Crippen molar-refractivity contribution in [3.8, 4) is 27.9 Å². The summed E-state index contributed by atoms with van der Waals surface area (Å²) in [5, 5.41) is 8.75. The maximum Gasteiger partial charge on any atom is 0.0984 e. The van der Waals surface area contributed by atoms with Crippen molar-refractivity contribution in [2.45, 2.75) is 19.4 Å². The minimum Gasteiger partial charge on any atom is -0.309 e. The second-order valence-electron chi connectivity index (χ2n) is 12.9. The summed E-state index contributed by atoms with van der Waals surface area (Å²) in [7, 11) is 0. The van der Waals surface area contributed by atoms with Crippen LogP contribution in [0.25, 0.3) is 71.3 Å². The first-order valence-corrected chi connectivity index (χ1v) is 16.9. The SMILES string of the molecule is CC1(C)CSC(c2ccc(-c3cc4c(c5ccccc35)c3ccc(-c5ccc6ccccc6c5)cc3n4-c3ccccc3)cc2)=N1. The number of aromatic nitrogens is 1. The van der Waals surface area contributed by atoms with Crippen LogP contribution in [0.3, 0.4) is 0 Å². The Morgan fingerprint density at radius 3 is 1.98 bits per heavy atom. The molecule has 46 heavy (non-hydrogen) atoms. The van der Waals surface area contributed by atoms with Crippen molar-refractivity contribution in [2.75, 3.05) is 5.75 Å². The lowest BCUT2D eigenvalue weighted by Crippen LogP contribution is -2.15. The van der Waals surface area contributed by atoms with Crippen LogP contribution in [0.4, 0.5) is 0 Å². The van der Waals surface area contributed by atoms with E-state index < -0.39 is 0 Å². The quantitative estimate of drug-likeness (QED) is 0.194. The molecule has 1 aliphatic heterocycles. The lowest BCUT2D eigenvalue weighted by atomic mass is 9.94. The Morgan fingerprint density at radius 2 is 1.20 bits per heavy atom. The summed E-state index contributed by atoms with van der Waals surface area (Å²) in [6.07, 6.45) is 0. The van der Waals surface area contributed by atoms with Crippen LogP contribution in [0.2, 0.25) is 0 Å². The zero-order chi connectivity index (χ0) is 30.8. The van der Waals surface area contributed by atoms with Gasteiger partial charge in [0.05, 0.1) is 21.6 Å². The van der Waals surface area contributed by atoms with E-state index in [1.807, 2.05) is 11.8 Å². The molecule has 2 nitrogen and oxygen atoms in total. The number of thioether (sulfide) groups is 1. The number of benzene rings is 7. The van der Waals surface area contributed by atoms with Gasteiger partial charge in [-0.1, -0.05) is 115 Å². The molecule has 0 unspecified atom stereocenters. The van der Waals surface area contributed by atoms with Gasteiger partial charge in [-0.2, -0.15) is 0 Å². The molecule has 9 rings (SSSR count). The van der Waals surface area contributed by atoms with Crippen LogP contribution in [-0.2, 0) is 0 Å². The Balaban J connectivity index is 1.29. The van der Waals surface area contributed by atoms with Crippen LogP contribution in [-0.4, -0.2) is 20.9 Å². The Bertz CT molecular complexity index is 2480. The fourth-order valence-corrected chi connectivity index (χ4v) is 8.21. The molecule has 0 fully saturated rings. The first-order valence-electron chi connectivity index (χ1n) is 15.9. The smallest absolute Gasteiger partial charge is 0.0984 e. The van der Waals surface area contributed by atoms with Crippen LogP contribution in [0, 0.1) is 0 Å². The van der Waals surface area contributed by atoms with E-state index in [1.165, 1.54) is 71.2 Å². The van der Waals surface area contributed by atoms with Crippen molar-refractivity contribution in [3.63, 3.8) is 0 Å². The van der Waals surface area contributed by atoms with Gasteiger partial charge in [0.1, 0.15) is 0 Å². The third kappa shape index (κ3) is 4.46. The van der Waals surface area contributed by atoms with Gasteiger partial charge in [-0.25, -0.2) is 0 Å². The molecule has 8 aromatic rings. The highest BCUT2D eigenvalue weighted by Gasteiger charge is 2.26. The fraction of sp³-hybridized carbons (Fsp3) is 0.0930. The van der Waals surface area contributed by atoms with Crippen LogP contribution in [0.1, 0.15) is 19.4 Å². The van der Waals surface area contributed by atoms with E-state index in [9.17, 15) is 0 Å². The van der Waals surface area contributed by atoms with Gasteiger partial charge in [-0.15, -0.1) is 11.8 Å². The molecule has 0 atom stereocenters. The molecule has 3 heteroatoms. The zero-order valence-corrected chi connectivity index (χ0v) is 26.7. The molecule has 0 N–H and O–H groups in total. The number of hydrogen-bond acceptors (Lipinski definition) is 2. The highest BCUT2D eigenvalue weighted by atomic mass is 32.2.